The minimum atomic E-state index is 0.609. The summed E-state index contributed by atoms with van der Waals surface area (Å²) in [5.41, 5.74) is 4.38. The molecule has 1 heteroatoms. The summed E-state index contributed by atoms with van der Waals surface area (Å²) in [6.07, 6.45) is 3.72. The standard InChI is InChI=1S/C16H27N/c1-12(2)9-10-15(17-5)11-16-13(3)7-6-8-14(16)4/h6-8,12,15,17H,9-11H2,1-5H3. The van der Waals surface area contributed by atoms with E-state index < -0.39 is 0 Å². The van der Waals surface area contributed by atoms with E-state index in [9.17, 15) is 0 Å². The lowest BCUT2D eigenvalue weighted by Gasteiger charge is -2.20. The SMILES string of the molecule is CNC(CCC(C)C)Cc1c(C)cccc1C. The molecule has 17 heavy (non-hydrogen) atoms. The van der Waals surface area contributed by atoms with Crippen LogP contribution in [0, 0.1) is 19.8 Å². The zero-order valence-corrected chi connectivity index (χ0v) is 12.0. The van der Waals surface area contributed by atoms with E-state index in [1.165, 1.54) is 29.5 Å². The second kappa shape index (κ2) is 6.80. The van der Waals surface area contributed by atoms with Crippen molar-refractivity contribution in [3.8, 4) is 0 Å². The normalized spacial score (nSPS) is 13.1. The molecule has 0 saturated carbocycles. The molecule has 1 aromatic rings. The lowest BCUT2D eigenvalue weighted by Crippen LogP contribution is -2.28. The van der Waals surface area contributed by atoms with Crippen LogP contribution in [0.5, 0.6) is 0 Å². The van der Waals surface area contributed by atoms with Crippen LogP contribution in [0.2, 0.25) is 0 Å². The Morgan fingerprint density at radius 2 is 1.65 bits per heavy atom. The molecule has 1 atom stereocenters. The summed E-state index contributed by atoms with van der Waals surface area (Å²) in [7, 11) is 2.08. The minimum Gasteiger partial charge on any atom is -0.317 e. The third-order valence-corrected chi connectivity index (χ3v) is 3.60. The van der Waals surface area contributed by atoms with Crippen molar-refractivity contribution in [2.75, 3.05) is 7.05 Å². The molecule has 0 aliphatic heterocycles. The van der Waals surface area contributed by atoms with Crippen molar-refractivity contribution in [3.05, 3.63) is 34.9 Å². The molecular formula is C16H27N. The summed E-state index contributed by atoms with van der Waals surface area (Å²) in [5.74, 6) is 0.795. The van der Waals surface area contributed by atoms with Crippen LogP contribution in [0.1, 0.15) is 43.4 Å². The highest BCUT2D eigenvalue weighted by Gasteiger charge is 2.11. The van der Waals surface area contributed by atoms with Crippen molar-refractivity contribution in [3.63, 3.8) is 0 Å². The zero-order chi connectivity index (χ0) is 12.8. The molecule has 1 aromatic carbocycles. The Kier molecular flexibility index (Phi) is 5.70. The van der Waals surface area contributed by atoms with Crippen LogP contribution in [-0.2, 0) is 6.42 Å². The van der Waals surface area contributed by atoms with E-state index >= 15 is 0 Å². The summed E-state index contributed by atoms with van der Waals surface area (Å²) >= 11 is 0. The quantitative estimate of drug-likeness (QED) is 0.786. The number of hydrogen-bond acceptors (Lipinski definition) is 1. The van der Waals surface area contributed by atoms with E-state index in [-0.39, 0.29) is 0 Å². The Morgan fingerprint density at radius 3 is 2.12 bits per heavy atom. The van der Waals surface area contributed by atoms with Crippen LogP contribution in [0.3, 0.4) is 0 Å². The van der Waals surface area contributed by atoms with Gasteiger partial charge in [0.1, 0.15) is 0 Å². The van der Waals surface area contributed by atoms with Gasteiger partial charge in [0.15, 0.2) is 0 Å². The first kappa shape index (κ1) is 14.2. The molecule has 1 N–H and O–H groups in total. The Hall–Kier alpha value is -0.820. The van der Waals surface area contributed by atoms with Gasteiger partial charge in [0, 0.05) is 6.04 Å². The molecule has 0 amide bonds. The summed E-state index contributed by atoms with van der Waals surface area (Å²) in [4.78, 5) is 0. The zero-order valence-electron chi connectivity index (χ0n) is 12.0. The molecule has 1 rings (SSSR count). The minimum absolute atomic E-state index is 0.609. The smallest absolute Gasteiger partial charge is 0.0105 e. The molecule has 96 valence electrons. The predicted molar refractivity (Wildman–Crippen MR) is 76.5 cm³/mol. The highest BCUT2D eigenvalue weighted by molar-refractivity contribution is 5.34. The van der Waals surface area contributed by atoms with Crippen LogP contribution < -0.4 is 5.32 Å². The molecule has 0 heterocycles. The van der Waals surface area contributed by atoms with Gasteiger partial charge in [0.05, 0.1) is 0 Å². The number of likely N-dealkylation sites (N-methyl/N-ethyl adjacent to an activating group) is 1. The lowest BCUT2D eigenvalue weighted by atomic mass is 9.93. The number of hydrogen-bond donors (Lipinski definition) is 1. The topological polar surface area (TPSA) is 12.0 Å². The number of rotatable bonds is 6. The van der Waals surface area contributed by atoms with Crippen molar-refractivity contribution in [2.24, 2.45) is 5.92 Å². The first-order valence-electron chi connectivity index (χ1n) is 6.77. The van der Waals surface area contributed by atoms with E-state index in [1.54, 1.807) is 0 Å². The fourth-order valence-corrected chi connectivity index (χ4v) is 2.30. The first-order valence-corrected chi connectivity index (χ1v) is 6.77. The van der Waals surface area contributed by atoms with Gasteiger partial charge < -0.3 is 5.32 Å². The maximum Gasteiger partial charge on any atom is 0.0105 e. The lowest BCUT2D eigenvalue weighted by molar-refractivity contribution is 0.450. The van der Waals surface area contributed by atoms with E-state index in [1.807, 2.05) is 0 Å². The van der Waals surface area contributed by atoms with Gasteiger partial charge in [-0.3, -0.25) is 0 Å². The third-order valence-electron chi connectivity index (χ3n) is 3.60. The molecule has 0 spiro atoms. The summed E-state index contributed by atoms with van der Waals surface area (Å²) in [6, 6.07) is 7.20. The summed E-state index contributed by atoms with van der Waals surface area (Å²) in [5, 5.41) is 3.46. The van der Waals surface area contributed by atoms with Gasteiger partial charge in [-0.2, -0.15) is 0 Å². The molecular weight excluding hydrogens is 206 g/mol. The van der Waals surface area contributed by atoms with E-state index in [2.05, 4.69) is 58.3 Å². The average Bonchev–Trinajstić information content (AvgIpc) is 2.27. The van der Waals surface area contributed by atoms with Gasteiger partial charge >= 0.3 is 0 Å². The second-order valence-electron chi connectivity index (χ2n) is 5.53. The Balaban J connectivity index is 2.67. The molecule has 0 aliphatic carbocycles. The van der Waals surface area contributed by atoms with Crippen molar-refractivity contribution in [2.45, 2.75) is 53.0 Å². The van der Waals surface area contributed by atoms with Crippen LogP contribution in [0.15, 0.2) is 18.2 Å². The largest absolute Gasteiger partial charge is 0.317 e. The van der Waals surface area contributed by atoms with Gasteiger partial charge in [-0.05, 0) is 62.8 Å². The third kappa shape index (κ3) is 4.51. The molecule has 0 aromatic heterocycles. The molecule has 0 saturated heterocycles. The van der Waals surface area contributed by atoms with Crippen molar-refractivity contribution in [1.82, 2.24) is 5.32 Å². The Labute approximate surface area is 107 Å². The number of nitrogens with one attached hydrogen (secondary N) is 1. The maximum atomic E-state index is 3.46. The maximum absolute atomic E-state index is 3.46. The van der Waals surface area contributed by atoms with E-state index in [4.69, 9.17) is 0 Å². The first-order chi connectivity index (χ1) is 8.04. The van der Waals surface area contributed by atoms with Crippen LogP contribution >= 0.6 is 0 Å². The monoisotopic (exact) mass is 233 g/mol. The van der Waals surface area contributed by atoms with E-state index in [0.29, 0.717) is 6.04 Å². The highest BCUT2D eigenvalue weighted by Crippen LogP contribution is 2.18. The molecule has 1 nitrogen and oxygen atoms in total. The van der Waals surface area contributed by atoms with Crippen LogP contribution in [-0.4, -0.2) is 13.1 Å². The van der Waals surface area contributed by atoms with Crippen LogP contribution in [0.25, 0.3) is 0 Å². The second-order valence-corrected chi connectivity index (χ2v) is 5.53. The number of aryl methyl sites for hydroxylation is 2. The van der Waals surface area contributed by atoms with Crippen molar-refractivity contribution in [1.29, 1.82) is 0 Å². The Morgan fingerprint density at radius 1 is 1.06 bits per heavy atom. The molecule has 0 radical (unpaired) electrons. The number of benzene rings is 1. The van der Waals surface area contributed by atoms with Gasteiger partial charge in [-0.15, -0.1) is 0 Å². The summed E-state index contributed by atoms with van der Waals surface area (Å²) in [6.45, 7) is 9.03. The molecule has 0 fully saturated rings. The van der Waals surface area contributed by atoms with Crippen LogP contribution in [0.4, 0.5) is 0 Å². The van der Waals surface area contributed by atoms with Crippen molar-refractivity contribution < 1.29 is 0 Å². The predicted octanol–water partition coefficient (Wildman–Crippen LogP) is 3.87. The highest BCUT2D eigenvalue weighted by atomic mass is 14.9. The van der Waals surface area contributed by atoms with Gasteiger partial charge in [-0.25, -0.2) is 0 Å². The Bertz CT molecular complexity index is 321. The summed E-state index contributed by atoms with van der Waals surface area (Å²) < 4.78 is 0. The van der Waals surface area contributed by atoms with Gasteiger partial charge in [-0.1, -0.05) is 32.0 Å². The fourth-order valence-electron chi connectivity index (χ4n) is 2.30. The average molecular weight is 233 g/mol. The van der Waals surface area contributed by atoms with Gasteiger partial charge in [0.25, 0.3) is 0 Å². The molecule has 0 bridgehead atoms. The van der Waals surface area contributed by atoms with Gasteiger partial charge in [0.2, 0.25) is 0 Å². The molecule has 0 aliphatic rings. The van der Waals surface area contributed by atoms with Crippen molar-refractivity contribution >= 4 is 0 Å². The fraction of sp³-hybridized carbons (Fsp3) is 0.625. The van der Waals surface area contributed by atoms with E-state index in [0.717, 1.165) is 12.3 Å². The molecule has 1 unspecified atom stereocenters.